The lowest BCUT2D eigenvalue weighted by atomic mass is 9.99. The van der Waals surface area contributed by atoms with Crippen LogP contribution in [0.15, 0.2) is 24.4 Å². The monoisotopic (exact) mass is 366 g/mol. The Balaban J connectivity index is 1.37. The molecule has 0 N–H and O–H groups in total. The molecule has 5 rings (SSSR count). The number of nitrogens with zero attached hydrogens (tertiary/aromatic N) is 4. The molecule has 0 saturated carbocycles. The van der Waals surface area contributed by atoms with Gasteiger partial charge in [-0.3, -0.25) is 4.79 Å². The quantitative estimate of drug-likeness (QED) is 0.697. The molecule has 1 aliphatic heterocycles. The van der Waals surface area contributed by atoms with Crippen molar-refractivity contribution in [2.75, 3.05) is 13.1 Å². The summed E-state index contributed by atoms with van der Waals surface area (Å²) in [5.74, 6) is 1.52. The minimum Gasteiger partial charge on any atom is -0.337 e. The zero-order valence-electron chi connectivity index (χ0n) is 14.9. The van der Waals surface area contributed by atoms with Gasteiger partial charge in [0.15, 0.2) is 5.65 Å². The first-order valence-electron chi connectivity index (χ1n) is 9.39. The van der Waals surface area contributed by atoms with E-state index >= 15 is 0 Å². The molecule has 1 amide bonds. The summed E-state index contributed by atoms with van der Waals surface area (Å²) in [6.07, 6.45) is 7.56. The molecule has 0 bridgehead atoms. The fourth-order valence-electron chi connectivity index (χ4n) is 4.31. The third-order valence-electron chi connectivity index (χ3n) is 5.71. The van der Waals surface area contributed by atoms with Crippen molar-refractivity contribution in [3.63, 3.8) is 0 Å². The average molecular weight is 366 g/mol. The van der Waals surface area contributed by atoms with E-state index in [1.807, 2.05) is 24.1 Å². The minimum absolute atomic E-state index is 0.198. The van der Waals surface area contributed by atoms with E-state index in [9.17, 15) is 4.79 Å². The molecule has 0 radical (unpaired) electrons. The molecule has 1 fully saturated rings. The zero-order chi connectivity index (χ0) is 17.7. The highest BCUT2D eigenvalue weighted by atomic mass is 32.1. The van der Waals surface area contributed by atoms with Gasteiger partial charge in [0.1, 0.15) is 11.3 Å². The van der Waals surface area contributed by atoms with E-state index in [-0.39, 0.29) is 11.8 Å². The molecule has 0 spiro atoms. The van der Waals surface area contributed by atoms with Crippen LogP contribution in [0, 0.1) is 0 Å². The van der Waals surface area contributed by atoms with Gasteiger partial charge in [-0.1, -0.05) is 0 Å². The summed E-state index contributed by atoms with van der Waals surface area (Å²) in [5, 5.41) is 0. The standard InChI is InChI=1S/C20H22N4OS/c1-23-18(22-15-6-4-9-21-19(15)23)14-8-10-24(12-14)20(25)17-11-13-5-2-3-7-16(13)26-17/h4,6,9,11,14H,2-3,5,7-8,10,12H2,1H3/t14-/m0/s1. The number of aryl methyl sites for hydroxylation is 3. The number of carbonyl (C=O) groups excluding carboxylic acids is 1. The third kappa shape index (κ3) is 2.55. The van der Waals surface area contributed by atoms with Crippen LogP contribution in [0.4, 0.5) is 0 Å². The predicted octanol–water partition coefficient (Wildman–Crippen LogP) is 3.54. The van der Waals surface area contributed by atoms with Crippen LogP contribution in [0.1, 0.15) is 51.1 Å². The van der Waals surface area contributed by atoms with Gasteiger partial charge in [0.25, 0.3) is 5.91 Å². The van der Waals surface area contributed by atoms with Crippen LogP contribution in [0.5, 0.6) is 0 Å². The molecule has 2 aliphatic rings. The highest BCUT2D eigenvalue weighted by molar-refractivity contribution is 7.14. The van der Waals surface area contributed by atoms with Crippen molar-refractivity contribution < 1.29 is 4.79 Å². The summed E-state index contributed by atoms with van der Waals surface area (Å²) in [6.45, 7) is 1.56. The maximum atomic E-state index is 13.0. The second-order valence-electron chi connectivity index (χ2n) is 7.38. The van der Waals surface area contributed by atoms with Crippen molar-refractivity contribution in [3.05, 3.63) is 45.5 Å². The molecule has 3 aromatic heterocycles. The van der Waals surface area contributed by atoms with Gasteiger partial charge in [-0.25, -0.2) is 9.97 Å². The van der Waals surface area contributed by atoms with E-state index < -0.39 is 0 Å². The second kappa shape index (κ2) is 6.20. The predicted molar refractivity (Wildman–Crippen MR) is 103 cm³/mol. The molecule has 6 heteroatoms. The van der Waals surface area contributed by atoms with Gasteiger partial charge in [-0.2, -0.15) is 0 Å². The summed E-state index contributed by atoms with van der Waals surface area (Å²) >= 11 is 1.71. The van der Waals surface area contributed by atoms with Gasteiger partial charge in [-0.05, 0) is 55.9 Å². The Kier molecular flexibility index (Phi) is 3.81. The van der Waals surface area contributed by atoms with Crippen molar-refractivity contribution in [3.8, 4) is 0 Å². The molecular formula is C20H22N4OS. The Morgan fingerprint density at radius 1 is 1.31 bits per heavy atom. The van der Waals surface area contributed by atoms with Gasteiger partial charge >= 0.3 is 0 Å². The maximum absolute atomic E-state index is 13.0. The molecule has 4 heterocycles. The summed E-state index contributed by atoms with van der Waals surface area (Å²) < 4.78 is 2.08. The number of fused-ring (bicyclic) bond motifs is 2. The Morgan fingerprint density at radius 2 is 2.19 bits per heavy atom. The molecule has 26 heavy (non-hydrogen) atoms. The summed E-state index contributed by atoms with van der Waals surface area (Å²) in [6, 6.07) is 6.07. The lowest BCUT2D eigenvalue weighted by molar-refractivity contribution is 0.0795. The fourth-order valence-corrected chi connectivity index (χ4v) is 5.54. The summed E-state index contributed by atoms with van der Waals surface area (Å²) in [4.78, 5) is 26.6. The van der Waals surface area contributed by atoms with Crippen LogP contribution >= 0.6 is 11.3 Å². The number of imidazole rings is 1. The van der Waals surface area contributed by atoms with Crippen molar-refractivity contribution in [2.45, 2.75) is 38.0 Å². The highest BCUT2D eigenvalue weighted by Gasteiger charge is 2.32. The van der Waals surface area contributed by atoms with E-state index in [2.05, 4.69) is 15.6 Å². The van der Waals surface area contributed by atoms with Crippen molar-refractivity contribution >= 4 is 28.4 Å². The summed E-state index contributed by atoms with van der Waals surface area (Å²) in [5.41, 5.74) is 3.25. The van der Waals surface area contributed by atoms with E-state index in [0.29, 0.717) is 0 Å². The maximum Gasteiger partial charge on any atom is 0.263 e. The Hall–Kier alpha value is -2.21. The van der Waals surface area contributed by atoms with Crippen molar-refractivity contribution in [1.29, 1.82) is 0 Å². The molecule has 1 atom stereocenters. The first-order valence-corrected chi connectivity index (χ1v) is 10.2. The Morgan fingerprint density at radius 3 is 3.04 bits per heavy atom. The molecular weight excluding hydrogens is 344 g/mol. The minimum atomic E-state index is 0.198. The zero-order valence-corrected chi connectivity index (χ0v) is 15.8. The van der Waals surface area contributed by atoms with Gasteiger partial charge in [0.2, 0.25) is 0 Å². The molecule has 0 unspecified atom stereocenters. The molecule has 1 aliphatic carbocycles. The fraction of sp³-hybridized carbons (Fsp3) is 0.450. The lowest BCUT2D eigenvalue weighted by Gasteiger charge is -2.15. The molecule has 134 valence electrons. The molecule has 5 nitrogen and oxygen atoms in total. The van der Waals surface area contributed by atoms with Gasteiger partial charge < -0.3 is 9.47 Å². The SMILES string of the molecule is Cn1c([C@H]2CCN(C(=O)c3cc4c(s3)CCCC4)C2)nc2cccnc21. The highest BCUT2D eigenvalue weighted by Crippen LogP contribution is 2.33. The number of rotatable bonds is 2. The van der Waals surface area contributed by atoms with E-state index in [0.717, 1.165) is 54.2 Å². The Bertz CT molecular complexity index is 966. The van der Waals surface area contributed by atoms with Gasteiger partial charge in [0.05, 0.1) is 4.88 Å². The smallest absolute Gasteiger partial charge is 0.263 e. The molecule has 3 aromatic rings. The van der Waals surface area contributed by atoms with E-state index in [1.165, 1.54) is 23.3 Å². The van der Waals surface area contributed by atoms with Crippen LogP contribution in [-0.2, 0) is 19.9 Å². The van der Waals surface area contributed by atoms with E-state index in [4.69, 9.17) is 4.98 Å². The Labute approximate surface area is 156 Å². The molecule has 1 saturated heterocycles. The van der Waals surface area contributed by atoms with Crippen molar-refractivity contribution in [1.82, 2.24) is 19.4 Å². The normalized spacial score (nSPS) is 19.9. The number of aromatic nitrogens is 3. The number of hydrogen-bond donors (Lipinski definition) is 0. The topological polar surface area (TPSA) is 51.0 Å². The largest absolute Gasteiger partial charge is 0.337 e. The number of pyridine rings is 1. The number of likely N-dealkylation sites (tertiary alicyclic amines) is 1. The van der Waals surface area contributed by atoms with Crippen LogP contribution in [0.25, 0.3) is 11.2 Å². The number of hydrogen-bond acceptors (Lipinski definition) is 4. The van der Waals surface area contributed by atoms with E-state index in [1.54, 1.807) is 17.5 Å². The number of amides is 1. The second-order valence-corrected chi connectivity index (χ2v) is 8.51. The number of thiophene rings is 1. The van der Waals surface area contributed by atoms with Crippen LogP contribution in [-0.4, -0.2) is 38.4 Å². The van der Waals surface area contributed by atoms with Gasteiger partial charge in [-0.15, -0.1) is 11.3 Å². The van der Waals surface area contributed by atoms with Crippen LogP contribution in [0.2, 0.25) is 0 Å². The number of carbonyl (C=O) groups is 1. The average Bonchev–Trinajstić information content (AvgIpc) is 3.38. The van der Waals surface area contributed by atoms with Crippen molar-refractivity contribution in [2.24, 2.45) is 7.05 Å². The van der Waals surface area contributed by atoms with Crippen LogP contribution < -0.4 is 0 Å². The third-order valence-corrected chi connectivity index (χ3v) is 6.94. The first kappa shape index (κ1) is 16.0. The molecule has 0 aromatic carbocycles. The summed E-state index contributed by atoms with van der Waals surface area (Å²) in [7, 11) is 2.02. The van der Waals surface area contributed by atoms with Crippen LogP contribution in [0.3, 0.4) is 0 Å². The van der Waals surface area contributed by atoms with Gasteiger partial charge in [0, 0.05) is 37.1 Å². The first-order chi connectivity index (χ1) is 12.7. The lowest BCUT2D eigenvalue weighted by Crippen LogP contribution is -2.28.